The summed E-state index contributed by atoms with van der Waals surface area (Å²) in [6.45, 7) is 6.63. The number of ether oxygens (including phenoxy) is 3. The lowest BCUT2D eigenvalue weighted by Gasteiger charge is -2.65. The first-order chi connectivity index (χ1) is 18.1. The minimum absolute atomic E-state index is 0.110. The number of rotatable bonds is 6. The van der Waals surface area contributed by atoms with Crippen LogP contribution in [0.2, 0.25) is 0 Å². The third-order valence-electron chi connectivity index (χ3n) is 9.44. The van der Waals surface area contributed by atoms with E-state index in [2.05, 4.69) is 23.3 Å². The zero-order valence-electron chi connectivity index (χ0n) is 23.1. The molecule has 6 rings (SSSR count). The quantitative estimate of drug-likeness (QED) is 0.562. The van der Waals surface area contributed by atoms with Crippen LogP contribution in [0, 0.1) is 0 Å². The maximum Gasteiger partial charge on any atom is 0.324 e. The average Bonchev–Trinajstić information content (AvgIpc) is 3.24. The van der Waals surface area contributed by atoms with Gasteiger partial charge in [-0.1, -0.05) is 36.4 Å². The molecule has 0 aromatic heterocycles. The summed E-state index contributed by atoms with van der Waals surface area (Å²) >= 11 is 0. The highest BCUT2D eigenvalue weighted by molar-refractivity contribution is 5.77. The minimum Gasteiger partial charge on any atom is -0.504 e. The first-order valence-corrected chi connectivity index (χ1v) is 13.9. The van der Waals surface area contributed by atoms with Crippen molar-refractivity contribution in [3.05, 3.63) is 59.2 Å². The van der Waals surface area contributed by atoms with Crippen LogP contribution in [0.3, 0.4) is 0 Å². The predicted octanol–water partition coefficient (Wildman–Crippen LogP) is 3.74. The molecule has 2 heterocycles. The summed E-state index contributed by atoms with van der Waals surface area (Å²) in [5, 5.41) is 14.6. The van der Waals surface area contributed by atoms with E-state index in [1.54, 1.807) is 6.07 Å². The summed E-state index contributed by atoms with van der Waals surface area (Å²) in [5.41, 5.74) is 2.02. The van der Waals surface area contributed by atoms with Crippen LogP contribution in [0.1, 0.15) is 56.7 Å². The second-order valence-electron chi connectivity index (χ2n) is 12.6. The molecule has 7 heteroatoms. The Morgan fingerprint density at radius 1 is 1.21 bits per heavy atom. The third-order valence-corrected chi connectivity index (χ3v) is 9.44. The van der Waals surface area contributed by atoms with Crippen LogP contribution in [-0.2, 0) is 32.5 Å². The first kappa shape index (κ1) is 25.7. The molecule has 2 aliphatic carbocycles. The van der Waals surface area contributed by atoms with Crippen molar-refractivity contribution in [1.29, 1.82) is 0 Å². The molecule has 1 saturated carbocycles. The zero-order chi connectivity index (χ0) is 26.9. The summed E-state index contributed by atoms with van der Waals surface area (Å²) in [4.78, 5) is 15.9. The monoisotopic (exact) mass is 520 g/mol. The normalized spacial score (nSPS) is 32.3. The van der Waals surface area contributed by atoms with Crippen molar-refractivity contribution >= 4 is 5.97 Å². The molecule has 4 aliphatic rings. The van der Waals surface area contributed by atoms with Crippen LogP contribution < -0.4 is 10.1 Å². The molecule has 2 bridgehead atoms. The molecule has 0 radical (unpaired) electrons. The largest absolute Gasteiger partial charge is 0.504 e. The topological polar surface area (TPSA) is 80.3 Å². The van der Waals surface area contributed by atoms with Crippen LogP contribution >= 0.6 is 0 Å². The van der Waals surface area contributed by atoms with Crippen LogP contribution in [-0.4, -0.2) is 72.1 Å². The standard InChI is InChI=1S/C31H40N2O5/c1-29(2,3)38-28(35)22(17-19-9-7-6-8-10-19)32-21-13-14-31(36-5)24-18-20-11-12-23(34)26-25(20)30(31,27(21)37-26)15-16-33(24)4/h6-12,21-22,24,27,32,34H,13-18H2,1-5H3/t21-,22?,24?,27+,30+,31-/m1/s1. The van der Waals surface area contributed by atoms with Crippen molar-refractivity contribution in [2.75, 3.05) is 20.7 Å². The molecule has 204 valence electrons. The molecule has 2 fully saturated rings. The van der Waals surface area contributed by atoms with Gasteiger partial charge in [0.2, 0.25) is 0 Å². The number of methoxy groups -OCH3 is 1. The molecular formula is C31H40N2O5. The average molecular weight is 521 g/mol. The molecule has 2 aromatic carbocycles. The van der Waals surface area contributed by atoms with Crippen LogP contribution in [0.15, 0.2) is 42.5 Å². The number of carbonyl (C=O) groups excluding carboxylic acids is 1. The number of benzene rings is 2. The lowest BCUT2D eigenvalue weighted by molar-refractivity contribution is -0.204. The second-order valence-corrected chi connectivity index (χ2v) is 12.6. The number of phenolic OH excluding ortho intramolecular Hbond substituents is 1. The Kier molecular flexibility index (Phi) is 6.05. The summed E-state index contributed by atoms with van der Waals surface area (Å²) in [5.74, 6) is 0.524. The number of likely N-dealkylation sites (N-methyl/N-ethyl adjacent to an activating group) is 1. The Morgan fingerprint density at radius 3 is 2.68 bits per heavy atom. The predicted molar refractivity (Wildman–Crippen MR) is 145 cm³/mol. The number of hydrogen-bond donors (Lipinski definition) is 2. The van der Waals surface area contributed by atoms with E-state index in [1.807, 2.05) is 58.2 Å². The summed E-state index contributed by atoms with van der Waals surface area (Å²) in [6, 6.07) is 13.5. The van der Waals surface area contributed by atoms with Gasteiger partial charge in [0.05, 0.1) is 11.0 Å². The fourth-order valence-electron chi connectivity index (χ4n) is 8.00. The first-order valence-electron chi connectivity index (χ1n) is 13.9. The number of nitrogens with one attached hydrogen (secondary N) is 1. The zero-order valence-corrected chi connectivity index (χ0v) is 23.1. The number of phenols is 1. The number of piperidine rings is 1. The fourth-order valence-corrected chi connectivity index (χ4v) is 8.00. The molecule has 2 unspecified atom stereocenters. The van der Waals surface area contributed by atoms with Gasteiger partial charge in [-0.15, -0.1) is 0 Å². The van der Waals surface area contributed by atoms with Crippen molar-refractivity contribution in [1.82, 2.24) is 10.2 Å². The number of likely N-dealkylation sites (tertiary alicyclic amines) is 1. The van der Waals surface area contributed by atoms with E-state index in [9.17, 15) is 9.90 Å². The van der Waals surface area contributed by atoms with Gasteiger partial charge in [0.15, 0.2) is 11.5 Å². The maximum atomic E-state index is 13.5. The fraction of sp³-hybridized carbons (Fsp3) is 0.581. The molecule has 38 heavy (non-hydrogen) atoms. The molecular weight excluding hydrogens is 480 g/mol. The number of esters is 1. The molecule has 2 N–H and O–H groups in total. The van der Waals surface area contributed by atoms with Gasteiger partial charge in [-0.25, -0.2) is 0 Å². The summed E-state index contributed by atoms with van der Waals surface area (Å²) < 4.78 is 19.2. The van der Waals surface area contributed by atoms with Crippen molar-refractivity contribution in [2.45, 2.75) is 93.7 Å². The van der Waals surface area contributed by atoms with Crippen LogP contribution in [0.5, 0.6) is 11.5 Å². The Hall–Kier alpha value is -2.61. The molecule has 1 spiro atoms. The molecule has 7 nitrogen and oxygen atoms in total. The summed E-state index contributed by atoms with van der Waals surface area (Å²) in [7, 11) is 4.03. The lowest BCUT2D eigenvalue weighted by Crippen LogP contribution is -2.78. The SMILES string of the molecule is CO[C@@]12CC[C@@H](NC(Cc3ccccc3)C(=O)OC(C)(C)C)[C@@H]3Oc4c(O)ccc5c4[C@@]31CCN(C)C2C5. The number of carbonyl (C=O) groups is 1. The van der Waals surface area contributed by atoms with E-state index < -0.39 is 22.7 Å². The lowest BCUT2D eigenvalue weighted by atomic mass is 9.48. The van der Waals surface area contributed by atoms with Crippen molar-refractivity contribution in [2.24, 2.45) is 0 Å². The molecule has 6 atom stereocenters. The van der Waals surface area contributed by atoms with Gasteiger partial charge >= 0.3 is 5.97 Å². The number of hydrogen-bond acceptors (Lipinski definition) is 7. The highest BCUT2D eigenvalue weighted by atomic mass is 16.6. The van der Waals surface area contributed by atoms with Crippen LogP contribution in [0.25, 0.3) is 0 Å². The third kappa shape index (κ3) is 3.69. The summed E-state index contributed by atoms with van der Waals surface area (Å²) in [6.07, 6.45) is 3.64. The smallest absolute Gasteiger partial charge is 0.324 e. The number of nitrogens with zero attached hydrogens (tertiary/aromatic N) is 1. The highest BCUT2D eigenvalue weighted by Crippen LogP contribution is 2.66. The van der Waals surface area contributed by atoms with Gasteiger partial charge in [-0.05, 0) is 83.7 Å². The van der Waals surface area contributed by atoms with E-state index in [0.29, 0.717) is 12.2 Å². The van der Waals surface area contributed by atoms with Crippen molar-refractivity contribution in [3.8, 4) is 11.5 Å². The van der Waals surface area contributed by atoms with E-state index >= 15 is 0 Å². The van der Waals surface area contributed by atoms with Gasteiger partial charge in [-0.3, -0.25) is 10.1 Å². The van der Waals surface area contributed by atoms with E-state index in [1.165, 1.54) is 5.56 Å². The Labute approximate surface area is 225 Å². The van der Waals surface area contributed by atoms with Gasteiger partial charge in [-0.2, -0.15) is 0 Å². The highest BCUT2D eigenvalue weighted by Gasteiger charge is 2.73. The Balaban J connectivity index is 1.40. The second kappa shape index (κ2) is 8.97. The minimum atomic E-state index is -0.588. The van der Waals surface area contributed by atoms with Gasteiger partial charge in [0.1, 0.15) is 17.7 Å². The van der Waals surface area contributed by atoms with Crippen molar-refractivity contribution < 1.29 is 24.1 Å². The van der Waals surface area contributed by atoms with Gasteiger partial charge in [0, 0.05) is 24.8 Å². The van der Waals surface area contributed by atoms with E-state index in [0.717, 1.165) is 43.4 Å². The van der Waals surface area contributed by atoms with Gasteiger partial charge < -0.3 is 24.2 Å². The van der Waals surface area contributed by atoms with Crippen molar-refractivity contribution in [3.63, 3.8) is 0 Å². The number of aromatic hydroxyl groups is 1. The molecule has 0 amide bonds. The van der Waals surface area contributed by atoms with Gasteiger partial charge in [0.25, 0.3) is 0 Å². The molecule has 1 saturated heterocycles. The molecule has 2 aromatic rings. The molecule has 2 aliphatic heterocycles. The maximum absolute atomic E-state index is 13.5. The van der Waals surface area contributed by atoms with Crippen LogP contribution in [0.4, 0.5) is 0 Å². The van der Waals surface area contributed by atoms with E-state index in [-0.39, 0.29) is 29.9 Å². The Morgan fingerprint density at radius 2 is 1.97 bits per heavy atom. The van der Waals surface area contributed by atoms with E-state index in [4.69, 9.17) is 14.2 Å². The Bertz CT molecular complexity index is 1230.